The molecule has 2 aliphatic carbocycles. The van der Waals surface area contributed by atoms with Gasteiger partial charge in [0.05, 0.1) is 12.7 Å². The highest BCUT2D eigenvalue weighted by Crippen LogP contribution is 2.75. The van der Waals surface area contributed by atoms with Crippen LogP contribution in [0.25, 0.3) is 0 Å². The van der Waals surface area contributed by atoms with Gasteiger partial charge in [0.2, 0.25) is 0 Å². The van der Waals surface area contributed by atoms with Crippen LogP contribution in [0.15, 0.2) is 20.9 Å². The van der Waals surface area contributed by atoms with Gasteiger partial charge in [0.25, 0.3) is 5.95 Å². The van der Waals surface area contributed by atoms with Crippen molar-refractivity contribution in [3.63, 3.8) is 0 Å². The lowest BCUT2D eigenvalue weighted by molar-refractivity contribution is -0.478. The number of hydrogen-bond donors (Lipinski definition) is 0. The molecular weight excluding hydrogens is 344 g/mol. The number of hydrogen-bond acceptors (Lipinski definition) is 5. The number of ether oxygens (including phenoxy) is 1. The molecule has 1 aromatic heterocycles. The van der Waals surface area contributed by atoms with E-state index in [0.717, 1.165) is 12.2 Å². The van der Waals surface area contributed by atoms with Gasteiger partial charge in [-0.2, -0.15) is 0 Å². The van der Waals surface area contributed by atoms with Gasteiger partial charge < -0.3 is 9.15 Å². The van der Waals surface area contributed by atoms with Gasteiger partial charge >= 0.3 is 0 Å². The van der Waals surface area contributed by atoms with E-state index in [-0.39, 0.29) is 28.3 Å². The maximum absolute atomic E-state index is 12.9. The van der Waals surface area contributed by atoms with E-state index in [0.29, 0.717) is 23.0 Å². The van der Waals surface area contributed by atoms with Crippen LogP contribution in [0.5, 0.6) is 5.95 Å². The van der Waals surface area contributed by atoms with Crippen molar-refractivity contribution >= 4 is 0 Å². The van der Waals surface area contributed by atoms with E-state index in [9.17, 15) is 4.79 Å². The molecule has 2 unspecified atom stereocenters. The van der Waals surface area contributed by atoms with Gasteiger partial charge in [-0.25, -0.2) is 9.78 Å². The van der Waals surface area contributed by atoms with Gasteiger partial charge in [-0.05, 0) is 45.3 Å². The average molecular weight is 374 g/mol. The molecule has 0 aromatic carbocycles. The topological polar surface area (TPSA) is 57.9 Å². The second-order valence-electron chi connectivity index (χ2n) is 9.18. The standard InChI is InChI=1S/C22H30O5/c1-9-14-21(6)16-11(2)10-20(5,27-26-16)19(21)22(14,7)17-12(3)15(23)13(4)18(24-8)25-17/h10,14,16,19H,9H2,1-8H3/t14-,16?,19-,20?,21+,22-/m1/s1. The van der Waals surface area contributed by atoms with Crippen molar-refractivity contribution in [3.05, 3.63) is 38.8 Å². The zero-order valence-electron chi connectivity index (χ0n) is 17.6. The highest BCUT2D eigenvalue weighted by molar-refractivity contribution is 5.44. The summed E-state index contributed by atoms with van der Waals surface area (Å²) < 4.78 is 11.6. The van der Waals surface area contributed by atoms with Crippen molar-refractivity contribution in [2.45, 2.75) is 72.0 Å². The SMILES string of the molecule is CC[C@H]1[C@](C)(c2oc(OC)c(C)c(=O)c2C)[C@@H]2C3(C)C=C(C)C(OO3)[C@]12C. The van der Waals surface area contributed by atoms with E-state index in [4.69, 9.17) is 18.9 Å². The average Bonchev–Trinajstić information content (AvgIpc) is 2.58. The molecule has 148 valence electrons. The molecule has 0 spiro atoms. The normalized spacial score (nSPS) is 42.4. The summed E-state index contributed by atoms with van der Waals surface area (Å²) >= 11 is 0. The third-order valence-electron chi connectivity index (χ3n) is 7.69. The van der Waals surface area contributed by atoms with E-state index < -0.39 is 5.60 Å². The predicted molar refractivity (Wildman–Crippen MR) is 102 cm³/mol. The molecule has 5 heteroatoms. The summed E-state index contributed by atoms with van der Waals surface area (Å²) in [5, 5.41) is 0. The lowest BCUT2D eigenvalue weighted by Crippen LogP contribution is -2.79. The van der Waals surface area contributed by atoms with Crippen LogP contribution >= 0.6 is 0 Å². The summed E-state index contributed by atoms with van der Waals surface area (Å²) in [6.45, 7) is 14.5. The van der Waals surface area contributed by atoms with E-state index in [1.807, 2.05) is 6.92 Å². The Kier molecular flexibility index (Phi) is 3.81. The largest absolute Gasteiger partial charge is 0.468 e. The van der Waals surface area contributed by atoms with E-state index in [1.165, 1.54) is 5.57 Å². The van der Waals surface area contributed by atoms with E-state index in [2.05, 4.69) is 40.7 Å². The van der Waals surface area contributed by atoms with Crippen LogP contribution in [-0.2, 0) is 15.2 Å². The highest BCUT2D eigenvalue weighted by Gasteiger charge is 2.78. The molecule has 3 heterocycles. The fourth-order valence-corrected chi connectivity index (χ4v) is 7.24. The Morgan fingerprint density at radius 1 is 1.15 bits per heavy atom. The predicted octanol–water partition coefficient (Wildman–Crippen LogP) is 4.23. The van der Waals surface area contributed by atoms with Crippen molar-refractivity contribution in [2.75, 3.05) is 7.11 Å². The summed E-state index contributed by atoms with van der Waals surface area (Å²) in [5.74, 6) is 1.47. The molecule has 0 radical (unpaired) electrons. The van der Waals surface area contributed by atoms with Crippen molar-refractivity contribution in [1.29, 1.82) is 0 Å². The lowest BCUT2D eigenvalue weighted by atomic mass is 9.32. The van der Waals surface area contributed by atoms with Crippen molar-refractivity contribution in [3.8, 4) is 5.95 Å². The van der Waals surface area contributed by atoms with Gasteiger partial charge in [-0.15, -0.1) is 0 Å². The Balaban J connectivity index is 1.97. The second-order valence-corrected chi connectivity index (χ2v) is 9.18. The molecule has 6 atom stereocenters. The maximum atomic E-state index is 12.9. The summed E-state index contributed by atoms with van der Waals surface area (Å²) in [6, 6.07) is 0. The molecule has 1 saturated carbocycles. The first-order chi connectivity index (χ1) is 12.6. The van der Waals surface area contributed by atoms with Crippen LogP contribution < -0.4 is 10.2 Å². The first-order valence-corrected chi connectivity index (χ1v) is 9.79. The van der Waals surface area contributed by atoms with Gasteiger partial charge in [-0.3, -0.25) is 4.79 Å². The minimum absolute atomic E-state index is 0.00667. The third-order valence-corrected chi connectivity index (χ3v) is 7.69. The molecule has 0 N–H and O–H groups in total. The maximum Gasteiger partial charge on any atom is 0.291 e. The second kappa shape index (κ2) is 5.48. The molecule has 1 aromatic rings. The van der Waals surface area contributed by atoms with Crippen LogP contribution in [0.4, 0.5) is 0 Å². The monoisotopic (exact) mass is 374 g/mol. The van der Waals surface area contributed by atoms with Crippen molar-refractivity contribution < 1.29 is 18.9 Å². The molecule has 27 heavy (non-hydrogen) atoms. The van der Waals surface area contributed by atoms with Crippen molar-refractivity contribution in [1.82, 2.24) is 0 Å². The van der Waals surface area contributed by atoms with Gasteiger partial charge in [0.15, 0.2) is 5.43 Å². The fraction of sp³-hybridized carbons (Fsp3) is 0.682. The van der Waals surface area contributed by atoms with E-state index in [1.54, 1.807) is 14.0 Å². The molecule has 5 nitrogen and oxygen atoms in total. The minimum atomic E-state index is -0.558. The molecule has 2 aliphatic heterocycles. The summed E-state index contributed by atoms with van der Waals surface area (Å²) in [5.41, 5.74) is 1.43. The Bertz CT molecular complexity index is 899. The Morgan fingerprint density at radius 2 is 1.81 bits per heavy atom. The Morgan fingerprint density at radius 3 is 2.37 bits per heavy atom. The smallest absolute Gasteiger partial charge is 0.291 e. The highest BCUT2D eigenvalue weighted by atomic mass is 17.2. The molecule has 0 amide bonds. The van der Waals surface area contributed by atoms with Gasteiger partial charge in [-0.1, -0.05) is 27.2 Å². The first kappa shape index (κ1) is 18.8. The van der Waals surface area contributed by atoms with Crippen molar-refractivity contribution in [2.24, 2.45) is 17.3 Å². The zero-order chi connectivity index (χ0) is 19.9. The van der Waals surface area contributed by atoms with E-state index >= 15 is 0 Å². The van der Waals surface area contributed by atoms with Gasteiger partial charge in [0.1, 0.15) is 17.5 Å². The number of fused-ring (bicyclic) bond motifs is 1. The molecular formula is C22H30O5. The first-order valence-electron chi connectivity index (χ1n) is 9.79. The fourth-order valence-electron chi connectivity index (χ4n) is 7.24. The summed E-state index contributed by atoms with van der Waals surface area (Å²) in [4.78, 5) is 24.6. The molecule has 4 aliphatic rings. The number of rotatable bonds is 3. The van der Waals surface area contributed by atoms with Crippen LogP contribution in [0.2, 0.25) is 0 Å². The summed E-state index contributed by atoms with van der Waals surface area (Å²) in [7, 11) is 1.54. The molecule has 5 rings (SSSR count). The van der Waals surface area contributed by atoms with Crippen LogP contribution in [0.3, 0.4) is 0 Å². The lowest BCUT2D eigenvalue weighted by Gasteiger charge is -2.75. The molecule has 2 fully saturated rings. The van der Waals surface area contributed by atoms with Gasteiger partial charge in [0, 0.05) is 22.3 Å². The van der Waals surface area contributed by atoms with Crippen LogP contribution in [0, 0.1) is 31.1 Å². The zero-order valence-corrected chi connectivity index (χ0v) is 17.6. The quantitative estimate of drug-likeness (QED) is 0.585. The molecule has 2 bridgehead atoms. The number of methoxy groups -OCH3 is 1. The Labute approximate surface area is 160 Å². The van der Waals surface area contributed by atoms with Crippen LogP contribution in [0.1, 0.15) is 57.9 Å². The third kappa shape index (κ3) is 1.94. The Hall–Kier alpha value is -1.59. The van der Waals surface area contributed by atoms with Crippen LogP contribution in [-0.4, -0.2) is 18.8 Å². The molecule has 1 saturated heterocycles. The minimum Gasteiger partial charge on any atom is -0.468 e. The summed E-state index contributed by atoms with van der Waals surface area (Å²) in [6.07, 6.45) is 3.09.